The molecular weight excluding hydrogens is 194 g/mol. The molecule has 0 aliphatic rings. The van der Waals surface area contributed by atoms with Crippen LogP contribution < -0.4 is 0 Å². The van der Waals surface area contributed by atoms with Gasteiger partial charge in [-0.3, -0.25) is 4.98 Å². The van der Waals surface area contributed by atoms with E-state index in [0.717, 1.165) is 22.0 Å². The standard InChI is InChI=1S/C13H11N.C2H6/c1-3-10(2)12-8-4-6-11-7-5-9-14-13(11)12;1-2/h4-9H,1H2,2H3;1-2H3. The van der Waals surface area contributed by atoms with E-state index >= 15 is 0 Å². The van der Waals surface area contributed by atoms with E-state index in [2.05, 4.69) is 29.4 Å². The third kappa shape index (κ3) is 2.39. The minimum Gasteiger partial charge on any atom is -0.256 e. The van der Waals surface area contributed by atoms with Crippen molar-refractivity contribution in [2.24, 2.45) is 0 Å². The number of aromatic nitrogens is 1. The van der Waals surface area contributed by atoms with Gasteiger partial charge in [-0.2, -0.15) is 0 Å². The van der Waals surface area contributed by atoms with Crippen molar-refractivity contribution in [2.75, 3.05) is 0 Å². The molecule has 1 aromatic heterocycles. The molecule has 1 nitrogen and oxygen atoms in total. The first kappa shape index (κ1) is 12.2. The van der Waals surface area contributed by atoms with Crippen LogP contribution in [-0.2, 0) is 0 Å². The van der Waals surface area contributed by atoms with E-state index in [1.165, 1.54) is 0 Å². The highest BCUT2D eigenvalue weighted by molar-refractivity contribution is 5.90. The molecule has 0 atom stereocenters. The van der Waals surface area contributed by atoms with Crippen LogP contribution in [0.25, 0.3) is 16.5 Å². The van der Waals surface area contributed by atoms with Crippen LogP contribution in [-0.4, -0.2) is 4.98 Å². The predicted molar refractivity (Wildman–Crippen MR) is 71.3 cm³/mol. The number of benzene rings is 1. The molecular formula is C15H17N. The summed E-state index contributed by atoms with van der Waals surface area (Å²) in [6.07, 6.45) is 1.81. The monoisotopic (exact) mass is 211 g/mol. The fourth-order valence-corrected chi connectivity index (χ4v) is 1.50. The van der Waals surface area contributed by atoms with Gasteiger partial charge in [0.2, 0.25) is 0 Å². The van der Waals surface area contributed by atoms with Gasteiger partial charge in [-0.1, -0.05) is 44.7 Å². The molecule has 0 fully saturated rings. The first-order chi connectivity index (χ1) is 7.83. The number of para-hydroxylation sites is 1. The second-order valence-corrected chi connectivity index (χ2v) is 3.18. The Morgan fingerprint density at radius 2 is 1.88 bits per heavy atom. The van der Waals surface area contributed by atoms with Gasteiger partial charge < -0.3 is 0 Å². The fourth-order valence-electron chi connectivity index (χ4n) is 1.50. The Balaban J connectivity index is 0.000000606. The Morgan fingerprint density at radius 1 is 1.19 bits per heavy atom. The normalized spacial score (nSPS) is 8.94. The minimum atomic E-state index is 1.02. The van der Waals surface area contributed by atoms with Crippen molar-refractivity contribution in [3.05, 3.63) is 54.4 Å². The summed E-state index contributed by atoms with van der Waals surface area (Å²) in [5.41, 5.74) is 6.06. The van der Waals surface area contributed by atoms with Gasteiger partial charge in [0.1, 0.15) is 0 Å². The molecule has 16 heavy (non-hydrogen) atoms. The molecule has 1 aromatic carbocycles. The van der Waals surface area contributed by atoms with Crippen molar-refractivity contribution in [1.29, 1.82) is 0 Å². The third-order valence-corrected chi connectivity index (χ3v) is 2.30. The molecule has 0 amide bonds. The van der Waals surface area contributed by atoms with E-state index < -0.39 is 0 Å². The summed E-state index contributed by atoms with van der Waals surface area (Å²) in [6, 6.07) is 10.1. The average Bonchev–Trinajstić information content (AvgIpc) is 2.39. The summed E-state index contributed by atoms with van der Waals surface area (Å²) in [6.45, 7) is 9.65. The summed E-state index contributed by atoms with van der Waals surface area (Å²) in [5.74, 6) is 0. The van der Waals surface area contributed by atoms with Crippen molar-refractivity contribution in [2.45, 2.75) is 20.8 Å². The third-order valence-electron chi connectivity index (χ3n) is 2.30. The zero-order valence-corrected chi connectivity index (χ0v) is 10.1. The quantitative estimate of drug-likeness (QED) is 0.635. The van der Waals surface area contributed by atoms with Crippen LogP contribution in [0.15, 0.2) is 48.8 Å². The van der Waals surface area contributed by atoms with E-state index in [0.29, 0.717) is 0 Å². The van der Waals surface area contributed by atoms with Crippen molar-refractivity contribution in [3.63, 3.8) is 0 Å². The maximum absolute atomic E-state index is 4.36. The van der Waals surface area contributed by atoms with E-state index in [1.807, 2.05) is 45.2 Å². The first-order valence-corrected chi connectivity index (χ1v) is 5.53. The Hall–Kier alpha value is -1.85. The Kier molecular flexibility index (Phi) is 4.50. The van der Waals surface area contributed by atoms with Gasteiger partial charge in [0, 0.05) is 17.1 Å². The Morgan fingerprint density at radius 3 is 2.56 bits per heavy atom. The highest BCUT2D eigenvalue weighted by atomic mass is 14.6. The molecule has 1 heteroatoms. The summed E-state index contributed by atoms with van der Waals surface area (Å²) in [4.78, 5) is 4.36. The smallest absolute Gasteiger partial charge is 0.0783 e. The number of hydrogen-bond acceptors (Lipinski definition) is 1. The van der Waals surface area contributed by atoms with Crippen LogP contribution in [0.4, 0.5) is 0 Å². The molecule has 2 aromatic rings. The van der Waals surface area contributed by atoms with E-state index in [4.69, 9.17) is 0 Å². The number of fused-ring (bicyclic) bond motifs is 1. The topological polar surface area (TPSA) is 12.9 Å². The fraction of sp³-hybridized carbons (Fsp3) is 0.200. The molecule has 0 bridgehead atoms. The van der Waals surface area contributed by atoms with Crippen LogP contribution in [0.5, 0.6) is 0 Å². The lowest BCUT2D eigenvalue weighted by atomic mass is 10.0. The van der Waals surface area contributed by atoms with Crippen molar-refractivity contribution < 1.29 is 0 Å². The van der Waals surface area contributed by atoms with Crippen LogP contribution in [0.3, 0.4) is 0 Å². The van der Waals surface area contributed by atoms with Crippen LogP contribution in [0.1, 0.15) is 26.3 Å². The van der Waals surface area contributed by atoms with Crippen LogP contribution in [0.2, 0.25) is 0 Å². The van der Waals surface area contributed by atoms with E-state index in [1.54, 1.807) is 0 Å². The van der Waals surface area contributed by atoms with Crippen molar-refractivity contribution in [3.8, 4) is 0 Å². The Labute approximate surface area is 97.1 Å². The molecule has 82 valence electrons. The lowest BCUT2D eigenvalue weighted by Crippen LogP contribution is -1.84. The molecule has 0 saturated carbocycles. The van der Waals surface area contributed by atoms with Gasteiger partial charge in [-0.15, -0.1) is 5.73 Å². The average molecular weight is 211 g/mol. The molecule has 2 rings (SSSR count). The molecule has 0 aliphatic heterocycles. The highest BCUT2D eigenvalue weighted by Crippen LogP contribution is 2.21. The number of rotatable bonds is 1. The first-order valence-electron chi connectivity index (χ1n) is 5.53. The number of nitrogens with zero attached hydrogens (tertiary/aromatic N) is 1. The SMILES string of the molecule is C=C=C(C)c1cccc2cccnc12.CC. The van der Waals surface area contributed by atoms with Crippen LogP contribution >= 0.6 is 0 Å². The van der Waals surface area contributed by atoms with Crippen molar-refractivity contribution >= 4 is 16.5 Å². The summed E-state index contributed by atoms with van der Waals surface area (Å²) in [5, 5.41) is 1.15. The van der Waals surface area contributed by atoms with Gasteiger partial charge in [0.15, 0.2) is 0 Å². The second-order valence-electron chi connectivity index (χ2n) is 3.18. The maximum Gasteiger partial charge on any atom is 0.0783 e. The van der Waals surface area contributed by atoms with Gasteiger partial charge in [0.05, 0.1) is 5.52 Å². The summed E-state index contributed by atoms with van der Waals surface area (Å²) < 4.78 is 0. The van der Waals surface area contributed by atoms with Gasteiger partial charge in [0.25, 0.3) is 0 Å². The zero-order valence-electron chi connectivity index (χ0n) is 10.1. The Bertz CT molecular complexity index is 514. The second kappa shape index (κ2) is 5.89. The van der Waals surface area contributed by atoms with Gasteiger partial charge in [-0.25, -0.2) is 0 Å². The van der Waals surface area contributed by atoms with Crippen molar-refractivity contribution in [1.82, 2.24) is 4.98 Å². The number of allylic oxidation sites excluding steroid dienone is 1. The molecule has 0 aliphatic carbocycles. The van der Waals surface area contributed by atoms with E-state index in [-0.39, 0.29) is 0 Å². The molecule has 0 saturated heterocycles. The predicted octanol–water partition coefficient (Wildman–Crippen LogP) is 4.45. The molecule has 0 unspecified atom stereocenters. The van der Waals surface area contributed by atoms with E-state index in [9.17, 15) is 0 Å². The lowest BCUT2D eigenvalue weighted by Gasteiger charge is -2.03. The number of pyridine rings is 1. The maximum atomic E-state index is 4.36. The highest BCUT2D eigenvalue weighted by Gasteiger charge is 2.01. The molecule has 0 spiro atoms. The number of hydrogen-bond donors (Lipinski definition) is 0. The van der Waals surface area contributed by atoms with Gasteiger partial charge >= 0.3 is 0 Å². The zero-order chi connectivity index (χ0) is 12.0. The van der Waals surface area contributed by atoms with Crippen LogP contribution in [0, 0.1) is 0 Å². The lowest BCUT2D eigenvalue weighted by molar-refractivity contribution is 1.40. The largest absolute Gasteiger partial charge is 0.256 e. The summed E-state index contributed by atoms with van der Waals surface area (Å²) >= 11 is 0. The molecule has 0 N–H and O–H groups in total. The minimum absolute atomic E-state index is 1.02. The molecule has 1 heterocycles. The summed E-state index contributed by atoms with van der Waals surface area (Å²) in [7, 11) is 0. The van der Waals surface area contributed by atoms with Gasteiger partial charge in [-0.05, 0) is 18.6 Å². The molecule has 0 radical (unpaired) electrons.